The summed E-state index contributed by atoms with van der Waals surface area (Å²) in [7, 11) is 1.77. The second kappa shape index (κ2) is 6.88. The van der Waals surface area contributed by atoms with Crippen LogP contribution in [0.4, 0.5) is 4.39 Å². The Bertz CT molecular complexity index is 1330. The number of methoxy groups -OCH3 is 1. The monoisotopic (exact) mass is 505 g/mol. The summed E-state index contributed by atoms with van der Waals surface area (Å²) in [5, 5.41) is 23.3. The van der Waals surface area contributed by atoms with Gasteiger partial charge in [-0.3, -0.25) is 4.90 Å². The lowest BCUT2D eigenvalue weighted by Crippen LogP contribution is -2.83. The second-order valence-corrected chi connectivity index (χ2v) is 13.1. The van der Waals surface area contributed by atoms with Gasteiger partial charge in [-0.2, -0.15) is 0 Å². The number of rotatable bonds is 4. The fourth-order valence-electron chi connectivity index (χ4n) is 10.4. The highest BCUT2D eigenvalue weighted by Crippen LogP contribution is 2.80. The molecule has 0 aromatic heterocycles. The minimum absolute atomic E-state index is 0.0902. The van der Waals surface area contributed by atoms with E-state index in [1.165, 1.54) is 36.1 Å². The van der Waals surface area contributed by atoms with Crippen LogP contribution in [0.25, 0.3) is 0 Å². The number of aliphatic hydroxyl groups excluding tert-OH is 1. The third-order valence-electron chi connectivity index (χ3n) is 12.0. The number of phenolic OH excluding ortho intramolecular Hbond substituents is 1. The van der Waals surface area contributed by atoms with Crippen LogP contribution in [0, 0.1) is 23.6 Å². The van der Waals surface area contributed by atoms with Gasteiger partial charge in [-0.25, -0.2) is 4.39 Å². The molecule has 9 rings (SSSR count). The summed E-state index contributed by atoms with van der Waals surface area (Å²) in [4.78, 5) is 2.80. The van der Waals surface area contributed by atoms with E-state index in [9.17, 15) is 14.6 Å². The lowest BCUT2D eigenvalue weighted by Gasteiger charge is -2.77. The van der Waals surface area contributed by atoms with Crippen molar-refractivity contribution < 1.29 is 24.1 Å². The van der Waals surface area contributed by atoms with Gasteiger partial charge in [0.25, 0.3) is 0 Å². The first-order valence-corrected chi connectivity index (χ1v) is 14.0. The quantitative estimate of drug-likeness (QED) is 0.616. The van der Waals surface area contributed by atoms with Crippen LogP contribution in [-0.4, -0.2) is 52.6 Å². The molecule has 4 bridgehead atoms. The molecule has 5 fully saturated rings. The van der Waals surface area contributed by atoms with E-state index in [4.69, 9.17) is 9.47 Å². The molecule has 2 aromatic rings. The van der Waals surface area contributed by atoms with Crippen molar-refractivity contribution in [3.63, 3.8) is 0 Å². The number of ether oxygens (including phenoxy) is 2. The van der Waals surface area contributed by atoms with Gasteiger partial charge in [0.15, 0.2) is 11.5 Å². The van der Waals surface area contributed by atoms with Crippen molar-refractivity contribution in [3.05, 3.63) is 58.4 Å². The molecule has 4 saturated carbocycles. The Morgan fingerprint density at radius 3 is 2.62 bits per heavy atom. The van der Waals surface area contributed by atoms with Crippen LogP contribution >= 0.6 is 0 Å². The molecular weight excluding hydrogens is 469 g/mol. The number of aromatic hydroxyl groups is 1. The number of fused-ring (bicyclic) bond motifs is 2. The molecular formula is C31H36FNO4. The van der Waals surface area contributed by atoms with Crippen molar-refractivity contribution in [2.75, 3.05) is 13.7 Å². The van der Waals surface area contributed by atoms with Crippen molar-refractivity contribution in [1.82, 2.24) is 4.90 Å². The summed E-state index contributed by atoms with van der Waals surface area (Å²) < 4.78 is 27.3. The molecule has 0 amide bonds. The number of aliphatic hydroxyl groups is 1. The standard InChI is InChI=1S/C31H36FNO4/c1-17-14-22(34)25-24-21(17)15-23-29-10-11-31(36-3,27(37-25)30(24,29)12-13-33(23)20-8-9-20)28(2,16-29)26(35)18-4-6-19(32)7-5-18/h4-7,14,20,23,26-27,34-35H,8-13,15-16H2,1-3H3/t23?,26-,27+,28?,29?,30+,31+/m1/s1. The number of phenols is 1. The molecule has 2 heterocycles. The Morgan fingerprint density at radius 1 is 1.16 bits per heavy atom. The summed E-state index contributed by atoms with van der Waals surface area (Å²) in [6.07, 6.45) is 5.99. The predicted octanol–water partition coefficient (Wildman–Crippen LogP) is 4.94. The van der Waals surface area contributed by atoms with E-state index in [0.29, 0.717) is 23.4 Å². The Morgan fingerprint density at radius 2 is 1.92 bits per heavy atom. The highest BCUT2D eigenvalue weighted by atomic mass is 19.1. The average molecular weight is 506 g/mol. The van der Waals surface area contributed by atoms with Gasteiger partial charge in [0.05, 0.1) is 6.10 Å². The highest BCUT2D eigenvalue weighted by Gasteiger charge is 2.84. The number of nitrogens with zero attached hydrogens (tertiary/aromatic N) is 1. The first-order valence-electron chi connectivity index (χ1n) is 14.0. The SMILES string of the molecule is CO[C@]12CCC3(CC1(C)[C@H](O)c1ccc(F)cc1)C1Cc4c(C)cc(O)c5c4[C@@]3(CCN1C1CC1)[C@@H]2O5. The summed E-state index contributed by atoms with van der Waals surface area (Å²) in [5.74, 6) is 0.571. The minimum Gasteiger partial charge on any atom is -0.504 e. The van der Waals surface area contributed by atoms with Crippen LogP contribution in [0.5, 0.6) is 11.5 Å². The van der Waals surface area contributed by atoms with Crippen molar-refractivity contribution in [2.24, 2.45) is 10.8 Å². The average Bonchev–Trinajstić information content (AvgIpc) is 3.65. The minimum atomic E-state index is -0.832. The number of aryl methyl sites for hydroxylation is 1. The molecule has 2 spiro atoms. The van der Waals surface area contributed by atoms with Gasteiger partial charge in [0.2, 0.25) is 0 Å². The molecule has 2 aliphatic heterocycles. The molecule has 37 heavy (non-hydrogen) atoms. The van der Waals surface area contributed by atoms with E-state index in [1.54, 1.807) is 19.2 Å². The smallest absolute Gasteiger partial charge is 0.165 e. The molecule has 2 aromatic carbocycles. The van der Waals surface area contributed by atoms with Crippen molar-refractivity contribution in [1.29, 1.82) is 0 Å². The van der Waals surface area contributed by atoms with Crippen LogP contribution < -0.4 is 4.74 Å². The van der Waals surface area contributed by atoms with E-state index in [2.05, 4.69) is 18.7 Å². The maximum atomic E-state index is 13.8. The lowest BCUT2D eigenvalue weighted by molar-refractivity contribution is -0.324. The van der Waals surface area contributed by atoms with E-state index >= 15 is 0 Å². The highest BCUT2D eigenvalue weighted by molar-refractivity contribution is 5.65. The third kappa shape index (κ3) is 2.35. The first-order chi connectivity index (χ1) is 17.7. The molecule has 0 radical (unpaired) electrons. The topological polar surface area (TPSA) is 62.2 Å². The molecule has 7 atom stereocenters. The molecule has 6 heteroatoms. The predicted molar refractivity (Wildman–Crippen MR) is 136 cm³/mol. The van der Waals surface area contributed by atoms with Gasteiger partial charge in [-0.15, -0.1) is 0 Å². The molecule has 5 nitrogen and oxygen atoms in total. The maximum Gasteiger partial charge on any atom is 0.165 e. The molecule has 7 aliphatic rings. The second-order valence-electron chi connectivity index (χ2n) is 13.1. The number of hydrogen-bond donors (Lipinski definition) is 2. The summed E-state index contributed by atoms with van der Waals surface area (Å²) in [6.45, 7) is 5.34. The molecule has 196 valence electrons. The van der Waals surface area contributed by atoms with Crippen LogP contribution in [0.3, 0.4) is 0 Å². The summed E-state index contributed by atoms with van der Waals surface area (Å²) >= 11 is 0. The van der Waals surface area contributed by atoms with E-state index < -0.39 is 17.1 Å². The van der Waals surface area contributed by atoms with Crippen molar-refractivity contribution >= 4 is 0 Å². The lowest BCUT2D eigenvalue weighted by atomic mass is 9.31. The molecule has 3 unspecified atom stereocenters. The van der Waals surface area contributed by atoms with Crippen LogP contribution in [0.2, 0.25) is 0 Å². The van der Waals surface area contributed by atoms with Gasteiger partial charge >= 0.3 is 0 Å². The van der Waals surface area contributed by atoms with E-state index in [-0.39, 0.29) is 28.5 Å². The fraction of sp³-hybridized carbons (Fsp3) is 0.613. The van der Waals surface area contributed by atoms with E-state index in [1.807, 2.05) is 6.07 Å². The van der Waals surface area contributed by atoms with Crippen LogP contribution in [0.15, 0.2) is 30.3 Å². The number of halogens is 1. The number of benzene rings is 2. The summed E-state index contributed by atoms with van der Waals surface area (Å²) in [5.41, 5.74) is 2.73. The van der Waals surface area contributed by atoms with Gasteiger partial charge < -0.3 is 19.7 Å². The van der Waals surface area contributed by atoms with Gasteiger partial charge in [0, 0.05) is 41.0 Å². The van der Waals surface area contributed by atoms with E-state index in [0.717, 1.165) is 44.2 Å². The Labute approximate surface area is 217 Å². The Balaban J connectivity index is 1.39. The zero-order valence-corrected chi connectivity index (χ0v) is 21.9. The molecule has 5 aliphatic carbocycles. The van der Waals surface area contributed by atoms with Crippen molar-refractivity contribution in [3.8, 4) is 11.5 Å². The number of likely N-dealkylation sites (tertiary alicyclic amines) is 1. The van der Waals surface area contributed by atoms with Gasteiger partial charge in [-0.05, 0) is 93.3 Å². The van der Waals surface area contributed by atoms with Crippen LogP contribution in [0.1, 0.15) is 73.8 Å². The van der Waals surface area contributed by atoms with Crippen LogP contribution in [-0.2, 0) is 16.6 Å². The van der Waals surface area contributed by atoms with Crippen molar-refractivity contribution in [2.45, 2.75) is 94.1 Å². The van der Waals surface area contributed by atoms with Gasteiger partial charge in [0.1, 0.15) is 17.5 Å². The number of piperidine rings is 1. The maximum absolute atomic E-state index is 13.8. The summed E-state index contributed by atoms with van der Waals surface area (Å²) in [6, 6.07) is 9.19. The molecule has 2 N–H and O–H groups in total. The first kappa shape index (κ1) is 22.8. The number of hydrogen-bond acceptors (Lipinski definition) is 5. The molecule has 1 saturated heterocycles. The fourth-order valence-corrected chi connectivity index (χ4v) is 10.4. The normalized spacial score (nSPS) is 41.9. The van der Waals surface area contributed by atoms with Gasteiger partial charge in [-0.1, -0.05) is 19.1 Å². The Hall–Kier alpha value is -2.15. The third-order valence-corrected chi connectivity index (χ3v) is 12.0. The largest absolute Gasteiger partial charge is 0.504 e. The zero-order valence-electron chi connectivity index (χ0n) is 21.9. The zero-order chi connectivity index (χ0) is 25.5. The Kier molecular flexibility index (Phi) is 4.24.